The normalized spacial score (nSPS) is 12.0. The van der Waals surface area contributed by atoms with Gasteiger partial charge >= 0.3 is 6.09 Å². The molecule has 0 atom stereocenters. The smallest absolute Gasteiger partial charge is 0.407 e. The molecule has 1 N–H and O–H groups in total. The molecule has 3 nitrogen and oxygen atoms in total. The molecular weight excluding hydrogens is 402 g/mol. The number of alkyl carbamates (subject to hydrolysis) is 1. The van der Waals surface area contributed by atoms with Crippen LogP contribution < -0.4 is 5.32 Å². The molecular formula is C27H21NO2S. The maximum atomic E-state index is 12.2. The molecule has 1 aliphatic rings. The number of benzene rings is 3. The Kier molecular flexibility index (Phi) is 5.43. The van der Waals surface area contributed by atoms with Crippen LogP contribution in [-0.4, -0.2) is 19.2 Å². The monoisotopic (exact) mass is 423 g/mol. The van der Waals surface area contributed by atoms with Gasteiger partial charge < -0.3 is 10.1 Å². The molecule has 5 rings (SSSR count). The predicted octanol–water partition coefficient (Wildman–Crippen LogP) is 6.18. The molecule has 1 aromatic heterocycles. The molecule has 3 aromatic carbocycles. The average molecular weight is 424 g/mol. The molecule has 0 fully saturated rings. The van der Waals surface area contributed by atoms with Crippen LogP contribution in [0.1, 0.15) is 28.3 Å². The van der Waals surface area contributed by atoms with Gasteiger partial charge in [-0.2, -0.15) is 0 Å². The van der Waals surface area contributed by atoms with E-state index in [1.807, 2.05) is 36.4 Å². The van der Waals surface area contributed by atoms with E-state index < -0.39 is 6.09 Å². The van der Waals surface area contributed by atoms with Crippen LogP contribution in [-0.2, 0) is 4.74 Å². The van der Waals surface area contributed by atoms with Crippen LogP contribution in [0.3, 0.4) is 0 Å². The molecule has 0 saturated heterocycles. The van der Waals surface area contributed by atoms with Gasteiger partial charge in [-0.3, -0.25) is 0 Å². The number of carbonyl (C=O) groups excluding carboxylic acids is 1. The van der Waals surface area contributed by atoms with Gasteiger partial charge in [0.25, 0.3) is 0 Å². The van der Waals surface area contributed by atoms with Crippen molar-refractivity contribution in [2.24, 2.45) is 0 Å². The lowest BCUT2D eigenvalue weighted by atomic mass is 9.98. The highest BCUT2D eigenvalue weighted by Crippen LogP contribution is 2.44. The van der Waals surface area contributed by atoms with Crippen molar-refractivity contribution in [2.75, 3.05) is 13.2 Å². The summed E-state index contributed by atoms with van der Waals surface area (Å²) >= 11 is 1.69. The average Bonchev–Trinajstić information content (AvgIpc) is 3.36. The van der Waals surface area contributed by atoms with Crippen LogP contribution in [0.25, 0.3) is 21.2 Å². The summed E-state index contributed by atoms with van der Waals surface area (Å²) in [6.07, 6.45) is 0.184. The SMILES string of the molecule is O=C(NCCC#Cc1cc2ccccc2s1)OCC1c2ccccc2-c2ccccc21. The van der Waals surface area contributed by atoms with Crippen molar-refractivity contribution in [2.45, 2.75) is 12.3 Å². The highest BCUT2D eigenvalue weighted by molar-refractivity contribution is 7.19. The number of fused-ring (bicyclic) bond motifs is 4. The van der Waals surface area contributed by atoms with Crippen molar-refractivity contribution in [3.8, 4) is 23.0 Å². The van der Waals surface area contributed by atoms with Crippen molar-refractivity contribution in [1.82, 2.24) is 5.32 Å². The van der Waals surface area contributed by atoms with E-state index in [9.17, 15) is 4.79 Å². The number of ether oxygens (including phenoxy) is 1. The summed E-state index contributed by atoms with van der Waals surface area (Å²) in [5.41, 5.74) is 4.88. The lowest BCUT2D eigenvalue weighted by molar-refractivity contribution is 0.143. The zero-order valence-corrected chi connectivity index (χ0v) is 17.7. The van der Waals surface area contributed by atoms with Crippen molar-refractivity contribution >= 4 is 27.5 Å². The zero-order chi connectivity index (χ0) is 21.0. The van der Waals surface area contributed by atoms with Crippen LogP contribution in [0.15, 0.2) is 78.9 Å². The van der Waals surface area contributed by atoms with Crippen LogP contribution >= 0.6 is 11.3 Å². The number of amides is 1. The lowest BCUT2D eigenvalue weighted by Crippen LogP contribution is -2.26. The Morgan fingerprint density at radius 1 is 0.935 bits per heavy atom. The van der Waals surface area contributed by atoms with E-state index in [2.05, 4.69) is 59.6 Å². The summed E-state index contributed by atoms with van der Waals surface area (Å²) in [4.78, 5) is 13.2. The fraction of sp³-hybridized carbons (Fsp3) is 0.148. The molecule has 0 spiro atoms. The first kappa shape index (κ1) is 19.4. The second kappa shape index (κ2) is 8.67. The van der Waals surface area contributed by atoms with Gasteiger partial charge in [-0.15, -0.1) is 11.3 Å². The predicted molar refractivity (Wildman–Crippen MR) is 126 cm³/mol. The van der Waals surface area contributed by atoms with E-state index in [0.29, 0.717) is 19.6 Å². The minimum absolute atomic E-state index is 0.0749. The van der Waals surface area contributed by atoms with Crippen molar-refractivity contribution < 1.29 is 9.53 Å². The quantitative estimate of drug-likeness (QED) is 0.314. The van der Waals surface area contributed by atoms with Crippen molar-refractivity contribution in [1.29, 1.82) is 0 Å². The van der Waals surface area contributed by atoms with E-state index in [4.69, 9.17) is 4.74 Å². The van der Waals surface area contributed by atoms with Gasteiger partial charge in [0.1, 0.15) is 6.61 Å². The van der Waals surface area contributed by atoms with Crippen LogP contribution in [0.2, 0.25) is 0 Å². The number of hydrogen-bond donors (Lipinski definition) is 1. The second-order valence-corrected chi connectivity index (χ2v) is 8.54. The Labute approximate surface area is 185 Å². The molecule has 152 valence electrons. The number of carbonyl (C=O) groups is 1. The Morgan fingerprint density at radius 3 is 2.35 bits per heavy atom. The van der Waals surface area contributed by atoms with Crippen LogP contribution in [0, 0.1) is 11.8 Å². The second-order valence-electron chi connectivity index (χ2n) is 7.45. The van der Waals surface area contributed by atoms with E-state index in [0.717, 1.165) is 4.88 Å². The highest BCUT2D eigenvalue weighted by atomic mass is 32.1. The molecule has 0 unspecified atom stereocenters. The first-order chi connectivity index (χ1) is 15.3. The van der Waals surface area contributed by atoms with Gasteiger partial charge in [0.05, 0.1) is 4.88 Å². The third-order valence-electron chi connectivity index (χ3n) is 5.50. The number of hydrogen-bond acceptors (Lipinski definition) is 3. The number of nitrogens with one attached hydrogen (secondary N) is 1. The lowest BCUT2D eigenvalue weighted by Gasteiger charge is -2.14. The van der Waals surface area contributed by atoms with E-state index in [1.54, 1.807) is 11.3 Å². The third-order valence-corrected chi connectivity index (χ3v) is 6.53. The Hall–Kier alpha value is -3.55. The fourth-order valence-corrected chi connectivity index (χ4v) is 5.01. The Morgan fingerprint density at radius 2 is 1.61 bits per heavy atom. The van der Waals surface area contributed by atoms with Gasteiger partial charge in [-0.1, -0.05) is 78.6 Å². The van der Waals surface area contributed by atoms with Gasteiger partial charge in [-0.05, 0) is 39.8 Å². The maximum absolute atomic E-state index is 12.2. The number of rotatable bonds is 4. The highest BCUT2D eigenvalue weighted by Gasteiger charge is 2.28. The molecule has 0 aliphatic heterocycles. The van der Waals surface area contributed by atoms with Gasteiger partial charge in [0.2, 0.25) is 0 Å². The molecule has 4 aromatic rings. The van der Waals surface area contributed by atoms with Gasteiger partial charge in [0, 0.05) is 23.6 Å². The van der Waals surface area contributed by atoms with Gasteiger partial charge in [-0.25, -0.2) is 4.79 Å². The van der Waals surface area contributed by atoms with Crippen molar-refractivity contribution in [3.63, 3.8) is 0 Å². The standard InChI is InChI=1S/C27H21NO2S/c29-27(28-16-8-7-10-20-17-19-9-1-6-15-26(19)31-20)30-18-25-23-13-4-2-11-21(23)22-12-3-5-14-24(22)25/h1-6,9,11-15,17,25H,8,16,18H2,(H,28,29). The first-order valence-electron chi connectivity index (χ1n) is 10.4. The summed E-state index contributed by atoms with van der Waals surface area (Å²) < 4.78 is 6.79. The molecule has 1 aliphatic carbocycles. The summed E-state index contributed by atoms with van der Waals surface area (Å²) in [5.74, 6) is 6.39. The number of thiophene rings is 1. The fourth-order valence-electron chi connectivity index (χ4n) is 4.07. The zero-order valence-electron chi connectivity index (χ0n) is 16.9. The van der Waals surface area contributed by atoms with E-state index >= 15 is 0 Å². The minimum Gasteiger partial charge on any atom is -0.449 e. The maximum Gasteiger partial charge on any atom is 0.407 e. The summed E-state index contributed by atoms with van der Waals surface area (Å²) in [6.45, 7) is 0.794. The van der Waals surface area contributed by atoms with E-state index in [-0.39, 0.29) is 5.92 Å². The first-order valence-corrected chi connectivity index (χ1v) is 11.2. The molecule has 0 radical (unpaired) electrons. The minimum atomic E-state index is -0.398. The summed E-state index contributed by atoms with van der Waals surface area (Å²) in [5, 5.41) is 4.02. The Bertz CT molecular complexity index is 1230. The largest absolute Gasteiger partial charge is 0.449 e. The summed E-state index contributed by atoms with van der Waals surface area (Å²) in [7, 11) is 0. The topological polar surface area (TPSA) is 38.3 Å². The van der Waals surface area contributed by atoms with Crippen LogP contribution in [0.5, 0.6) is 0 Å². The van der Waals surface area contributed by atoms with Crippen molar-refractivity contribution in [3.05, 3.63) is 94.9 Å². The van der Waals surface area contributed by atoms with E-state index in [1.165, 1.54) is 32.3 Å². The van der Waals surface area contributed by atoms with Crippen LogP contribution in [0.4, 0.5) is 4.79 Å². The molecule has 0 saturated carbocycles. The third kappa shape index (κ3) is 4.05. The summed E-state index contributed by atoms with van der Waals surface area (Å²) in [6, 6.07) is 27.0. The van der Waals surface area contributed by atoms with Gasteiger partial charge in [0.15, 0.2) is 0 Å². The Balaban J connectivity index is 1.14. The molecule has 31 heavy (non-hydrogen) atoms. The molecule has 1 amide bonds. The molecule has 4 heteroatoms. The molecule has 1 heterocycles. The molecule has 0 bridgehead atoms.